The lowest BCUT2D eigenvalue weighted by atomic mass is 10.1. The molecule has 2 heteroatoms. The fraction of sp³-hybridized carbons (Fsp3) is 0.0909. The molecule has 0 heterocycles. The Morgan fingerprint density at radius 1 is 1.00 bits per heavy atom. The zero-order valence-corrected chi connectivity index (χ0v) is 8.00. The van der Waals surface area contributed by atoms with Crippen LogP contribution < -0.4 is 0 Å². The molecule has 0 saturated heterocycles. The van der Waals surface area contributed by atoms with Crippen LogP contribution in [0.3, 0.4) is 0 Å². The maximum absolute atomic E-state index is 4.83. The summed E-state index contributed by atoms with van der Waals surface area (Å²) in [4.78, 5) is 0. The van der Waals surface area contributed by atoms with Crippen LogP contribution in [0.2, 0.25) is 0 Å². The summed E-state index contributed by atoms with van der Waals surface area (Å²) >= 11 is 3.76. The second kappa shape index (κ2) is 3.81. The van der Waals surface area contributed by atoms with Gasteiger partial charge in [-0.3, -0.25) is 0 Å². The Bertz CT molecular complexity index is 406. The molecule has 0 radical (unpaired) electrons. The molecule has 0 aromatic heterocycles. The van der Waals surface area contributed by atoms with Crippen molar-refractivity contribution in [3.05, 3.63) is 48.0 Å². The van der Waals surface area contributed by atoms with Gasteiger partial charge in [-0.25, -0.2) is 0 Å². The number of hydrogen-bond acceptors (Lipinski definition) is 2. The van der Waals surface area contributed by atoms with Crippen LogP contribution in [0.25, 0.3) is 10.8 Å². The third kappa shape index (κ3) is 1.69. The second-order valence-corrected chi connectivity index (χ2v) is 3.17. The summed E-state index contributed by atoms with van der Waals surface area (Å²) in [5, 5.41) is 2.48. The highest BCUT2D eigenvalue weighted by Gasteiger charge is 1.98. The summed E-state index contributed by atoms with van der Waals surface area (Å²) in [5.74, 6) is 0. The van der Waals surface area contributed by atoms with Crippen LogP contribution in [0.4, 0.5) is 0 Å². The van der Waals surface area contributed by atoms with Crippen LogP contribution in [0.15, 0.2) is 42.5 Å². The molecule has 2 aromatic rings. The third-order valence-corrected chi connectivity index (χ3v) is 2.23. The van der Waals surface area contributed by atoms with E-state index in [9.17, 15) is 0 Å². The minimum Gasteiger partial charge on any atom is -0.314 e. The normalized spacial score (nSPS) is 10.5. The van der Waals surface area contributed by atoms with Crippen molar-refractivity contribution < 1.29 is 4.18 Å². The lowest BCUT2D eigenvalue weighted by Crippen LogP contribution is -1.85. The monoisotopic (exact) mass is 190 g/mol. The van der Waals surface area contributed by atoms with Crippen molar-refractivity contribution in [1.82, 2.24) is 0 Å². The van der Waals surface area contributed by atoms with Crippen molar-refractivity contribution in [1.29, 1.82) is 0 Å². The molecule has 0 aliphatic rings. The Morgan fingerprint density at radius 3 is 2.62 bits per heavy atom. The van der Waals surface area contributed by atoms with E-state index in [0.717, 1.165) is 0 Å². The Balaban J connectivity index is 2.61. The Labute approximate surface area is 83.0 Å². The maximum atomic E-state index is 4.83. The van der Waals surface area contributed by atoms with Gasteiger partial charge >= 0.3 is 0 Å². The molecule has 0 aliphatic carbocycles. The summed E-state index contributed by atoms with van der Waals surface area (Å²) in [6.07, 6.45) is 0. The molecular formula is C11H10OS. The summed E-state index contributed by atoms with van der Waals surface area (Å²) in [7, 11) is 0. The van der Waals surface area contributed by atoms with Crippen LogP contribution in [-0.2, 0) is 10.8 Å². The van der Waals surface area contributed by atoms with E-state index < -0.39 is 0 Å². The van der Waals surface area contributed by atoms with Gasteiger partial charge in [-0.1, -0.05) is 42.5 Å². The minimum atomic E-state index is 0.546. The van der Waals surface area contributed by atoms with Crippen LogP contribution in [0.1, 0.15) is 5.56 Å². The quantitative estimate of drug-likeness (QED) is 0.565. The Hall–Kier alpha value is -0.990. The van der Waals surface area contributed by atoms with Gasteiger partial charge in [0.2, 0.25) is 0 Å². The lowest BCUT2D eigenvalue weighted by molar-refractivity contribution is 0.374. The molecule has 2 rings (SSSR count). The van der Waals surface area contributed by atoms with Gasteiger partial charge in [0.15, 0.2) is 0 Å². The molecule has 0 unspecified atom stereocenters. The smallest absolute Gasteiger partial charge is 0.0867 e. The summed E-state index contributed by atoms with van der Waals surface area (Å²) in [5.41, 5.74) is 1.17. The van der Waals surface area contributed by atoms with Crippen molar-refractivity contribution in [2.45, 2.75) is 6.61 Å². The highest BCUT2D eigenvalue weighted by atomic mass is 32.1. The van der Waals surface area contributed by atoms with Gasteiger partial charge in [0.05, 0.1) is 6.61 Å². The average Bonchev–Trinajstić information content (AvgIpc) is 2.19. The molecule has 0 aliphatic heterocycles. The fourth-order valence-electron chi connectivity index (χ4n) is 1.49. The zero-order valence-electron chi connectivity index (χ0n) is 7.10. The first-order valence-corrected chi connectivity index (χ1v) is 4.51. The van der Waals surface area contributed by atoms with Crippen LogP contribution in [-0.4, -0.2) is 0 Å². The van der Waals surface area contributed by atoms with E-state index in [1.807, 2.05) is 18.2 Å². The largest absolute Gasteiger partial charge is 0.314 e. The van der Waals surface area contributed by atoms with Crippen molar-refractivity contribution in [3.63, 3.8) is 0 Å². The van der Waals surface area contributed by atoms with Gasteiger partial charge in [0, 0.05) is 0 Å². The number of benzene rings is 2. The van der Waals surface area contributed by atoms with E-state index in [4.69, 9.17) is 4.18 Å². The Morgan fingerprint density at radius 2 is 1.77 bits per heavy atom. The standard InChI is InChI=1S/C11H10OS/c13-12-8-10-6-3-5-9-4-1-2-7-11(9)10/h1-7,13H,8H2. The van der Waals surface area contributed by atoms with Crippen LogP contribution in [0.5, 0.6) is 0 Å². The van der Waals surface area contributed by atoms with Gasteiger partial charge in [0.25, 0.3) is 0 Å². The first-order valence-electron chi connectivity index (χ1n) is 4.15. The average molecular weight is 190 g/mol. The van der Waals surface area contributed by atoms with Crippen LogP contribution >= 0.6 is 12.9 Å². The molecule has 0 saturated carbocycles. The molecular weight excluding hydrogens is 180 g/mol. The maximum Gasteiger partial charge on any atom is 0.0867 e. The van der Waals surface area contributed by atoms with Gasteiger partial charge in [0.1, 0.15) is 0 Å². The predicted octanol–water partition coefficient (Wildman–Crippen LogP) is 3.20. The van der Waals surface area contributed by atoms with E-state index >= 15 is 0 Å². The summed E-state index contributed by atoms with van der Waals surface area (Å²) < 4.78 is 4.83. The molecule has 66 valence electrons. The van der Waals surface area contributed by atoms with E-state index in [1.165, 1.54) is 16.3 Å². The minimum absolute atomic E-state index is 0.546. The number of fused-ring (bicyclic) bond motifs is 1. The van der Waals surface area contributed by atoms with Crippen molar-refractivity contribution >= 4 is 23.7 Å². The first kappa shape index (κ1) is 8.60. The molecule has 0 amide bonds. The van der Waals surface area contributed by atoms with Gasteiger partial charge in [-0.05, 0) is 29.2 Å². The SMILES string of the molecule is SOCc1cccc2ccccc12. The van der Waals surface area contributed by atoms with Crippen molar-refractivity contribution in [2.75, 3.05) is 0 Å². The van der Waals surface area contributed by atoms with E-state index in [2.05, 4.69) is 37.2 Å². The van der Waals surface area contributed by atoms with E-state index in [-0.39, 0.29) is 0 Å². The first-order chi connectivity index (χ1) is 6.42. The molecule has 0 N–H and O–H groups in total. The number of hydrogen-bond donors (Lipinski definition) is 1. The molecule has 13 heavy (non-hydrogen) atoms. The fourth-order valence-corrected chi connectivity index (χ4v) is 1.63. The molecule has 2 aromatic carbocycles. The summed E-state index contributed by atoms with van der Waals surface area (Å²) in [6.45, 7) is 0.546. The van der Waals surface area contributed by atoms with Crippen molar-refractivity contribution in [3.8, 4) is 0 Å². The molecule has 0 atom stereocenters. The molecule has 0 spiro atoms. The predicted molar refractivity (Wildman–Crippen MR) is 57.7 cm³/mol. The van der Waals surface area contributed by atoms with Crippen molar-refractivity contribution in [2.24, 2.45) is 0 Å². The second-order valence-electron chi connectivity index (χ2n) is 2.91. The van der Waals surface area contributed by atoms with Gasteiger partial charge in [-0.2, -0.15) is 0 Å². The molecule has 0 bridgehead atoms. The van der Waals surface area contributed by atoms with E-state index in [0.29, 0.717) is 6.61 Å². The zero-order chi connectivity index (χ0) is 9.10. The highest BCUT2D eigenvalue weighted by molar-refractivity contribution is 7.75. The highest BCUT2D eigenvalue weighted by Crippen LogP contribution is 2.19. The number of thiol groups is 1. The van der Waals surface area contributed by atoms with E-state index in [1.54, 1.807) is 0 Å². The lowest BCUT2D eigenvalue weighted by Gasteiger charge is -2.03. The summed E-state index contributed by atoms with van der Waals surface area (Å²) in [6, 6.07) is 14.4. The number of rotatable bonds is 2. The molecule has 0 fully saturated rings. The third-order valence-electron chi connectivity index (χ3n) is 2.10. The molecule has 1 nitrogen and oxygen atoms in total. The van der Waals surface area contributed by atoms with Gasteiger partial charge < -0.3 is 4.18 Å². The topological polar surface area (TPSA) is 9.23 Å². The Kier molecular flexibility index (Phi) is 2.52. The van der Waals surface area contributed by atoms with Crippen LogP contribution in [0, 0.1) is 0 Å². The van der Waals surface area contributed by atoms with Gasteiger partial charge in [-0.15, -0.1) is 0 Å².